The third kappa shape index (κ3) is 8.70. The highest BCUT2D eigenvalue weighted by atomic mass is 32.2. The second kappa shape index (κ2) is 17.3. The van der Waals surface area contributed by atoms with Crippen molar-refractivity contribution in [3.8, 4) is 11.5 Å². The number of hydrogen-bond acceptors (Lipinski definition) is 11. The summed E-state index contributed by atoms with van der Waals surface area (Å²) < 4.78 is 69.2. The Bertz CT molecular complexity index is 2570. The Morgan fingerprint density at radius 2 is 1.84 bits per heavy atom. The normalized spacial score (nSPS) is 24.8. The van der Waals surface area contributed by atoms with Gasteiger partial charge in [0.2, 0.25) is 6.43 Å². The monoisotopic (exact) mass is 899 g/mol. The van der Waals surface area contributed by atoms with Crippen LogP contribution in [-0.4, -0.2) is 93.0 Å². The number of hydrogen-bond donors (Lipinski definition) is 3. The molecule has 4 aromatic rings. The van der Waals surface area contributed by atoms with Crippen molar-refractivity contribution in [2.75, 3.05) is 62.7 Å². The van der Waals surface area contributed by atoms with E-state index >= 15 is 0 Å². The third-order valence-electron chi connectivity index (χ3n) is 15.2. The van der Waals surface area contributed by atoms with Crippen LogP contribution in [0.15, 0.2) is 77.0 Å². The molecule has 64 heavy (non-hydrogen) atoms. The first kappa shape index (κ1) is 42.8. The smallest absolute Gasteiger partial charge is 0.293 e. The number of carbonyl (C=O) groups is 1. The van der Waals surface area contributed by atoms with Gasteiger partial charge in [0.05, 0.1) is 21.6 Å². The van der Waals surface area contributed by atoms with Gasteiger partial charge in [-0.3, -0.25) is 19.8 Å². The number of alkyl halides is 2. The van der Waals surface area contributed by atoms with E-state index < -0.39 is 43.8 Å². The van der Waals surface area contributed by atoms with Crippen LogP contribution in [0, 0.1) is 45.1 Å². The van der Waals surface area contributed by atoms with E-state index in [4.69, 9.17) is 9.47 Å². The second-order valence-corrected chi connectivity index (χ2v) is 20.7. The Morgan fingerprint density at radius 3 is 2.58 bits per heavy atom. The fraction of sp³-hybridized carbons (Fsp3) is 0.532. The maximum Gasteiger partial charge on any atom is 0.293 e. The average Bonchev–Trinajstić information content (AvgIpc) is 3.74. The van der Waals surface area contributed by atoms with Crippen LogP contribution in [0.4, 0.5) is 25.8 Å². The van der Waals surface area contributed by atoms with E-state index in [2.05, 4.69) is 29.8 Å². The molecule has 4 aliphatic carbocycles. The molecule has 2 aromatic carbocycles. The number of anilines is 2. The number of pyridine rings is 1. The van der Waals surface area contributed by atoms with Gasteiger partial charge in [0.1, 0.15) is 22.8 Å². The van der Waals surface area contributed by atoms with Crippen molar-refractivity contribution in [1.82, 2.24) is 19.6 Å². The zero-order valence-corrected chi connectivity index (χ0v) is 36.6. The highest BCUT2D eigenvalue weighted by Crippen LogP contribution is 2.65. The SMILES string of the molecule is O=C(NS(=O)(=O)c1ccc(NCC2CCOCC2)c([N+](=O)[O-])c1)c1ccc(N2CCN(CC3=C([C@@H]4C[C@H](C(F)F)C5CC54)CC4(CCC4)CC3)CC2)cc1Oc1cnc2[nH]ccc2c1. The molecule has 1 spiro atoms. The molecule has 1 amide bonds. The van der Waals surface area contributed by atoms with Gasteiger partial charge in [-0.05, 0) is 123 Å². The number of amides is 1. The number of aromatic amines is 1. The predicted octanol–water partition coefficient (Wildman–Crippen LogP) is 8.53. The summed E-state index contributed by atoms with van der Waals surface area (Å²) in [6.45, 7) is 5.55. The van der Waals surface area contributed by atoms with Gasteiger partial charge in [-0.1, -0.05) is 17.6 Å². The Morgan fingerprint density at radius 1 is 1.03 bits per heavy atom. The average molecular weight is 900 g/mol. The van der Waals surface area contributed by atoms with Crippen LogP contribution in [0.1, 0.15) is 74.6 Å². The fourth-order valence-electron chi connectivity index (χ4n) is 11.3. The maximum atomic E-state index is 14.0. The molecule has 17 heteroatoms. The number of nitrogens with zero attached hydrogens (tertiary/aromatic N) is 4. The number of fused-ring (bicyclic) bond motifs is 2. The Labute approximate surface area is 371 Å². The molecular formula is C47H55F2N7O7S. The quantitative estimate of drug-likeness (QED) is 0.0629. The van der Waals surface area contributed by atoms with Crippen LogP contribution in [0.2, 0.25) is 0 Å². The van der Waals surface area contributed by atoms with E-state index in [1.807, 2.05) is 6.07 Å². The number of halogens is 2. The number of rotatable bonds is 14. The Kier molecular flexibility index (Phi) is 11.6. The molecule has 10 rings (SSSR count). The number of H-pyrrole nitrogens is 1. The molecule has 3 N–H and O–H groups in total. The minimum Gasteiger partial charge on any atom is -0.455 e. The summed E-state index contributed by atoms with van der Waals surface area (Å²) >= 11 is 0. The van der Waals surface area contributed by atoms with Crippen LogP contribution in [0.25, 0.3) is 11.0 Å². The first-order chi connectivity index (χ1) is 30.9. The second-order valence-electron chi connectivity index (χ2n) is 19.0. The number of carbonyl (C=O) groups excluding carboxylic acids is 1. The number of nitro groups is 1. The van der Waals surface area contributed by atoms with Crippen LogP contribution >= 0.6 is 0 Å². The molecule has 340 valence electrons. The van der Waals surface area contributed by atoms with Crippen molar-refractivity contribution in [2.45, 2.75) is 75.5 Å². The van der Waals surface area contributed by atoms with Crippen molar-refractivity contribution in [2.24, 2.45) is 35.0 Å². The van der Waals surface area contributed by atoms with Gasteiger partial charge in [-0.25, -0.2) is 26.9 Å². The van der Waals surface area contributed by atoms with E-state index in [0.717, 1.165) is 68.9 Å². The standard InChI is InChI=1S/C47H55F2N7O7S/c48-44(49)39-24-38(36-23-37(36)39)40-25-47(10-1-11-47)12-6-31(40)28-54-14-16-55(17-15-54)32-2-4-35(43(21-32)63-33-20-30-7-13-50-45(30)52-27-33)46(57)53-64(60,61)34-3-5-41(42(22-34)56(58)59)51-26-29-8-18-62-19-9-29/h2-5,7,13,20-22,27,29,36-39,44,51H,1,6,8-12,14-19,23-26,28H2,(H,50,52)(H,53,57)/t36?,37?,38-,39+/m1/s1. The number of allylic oxidation sites excluding steroid dienone is 1. The molecule has 0 bridgehead atoms. The number of nitrogens with one attached hydrogen (secondary N) is 3. The van der Waals surface area contributed by atoms with Crippen molar-refractivity contribution in [1.29, 1.82) is 0 Å². The molecule has 14 nitrogen and oxygen atoms in total. The van der Waals surface area contributed by atoms with Gasteiger partial charge in [-0.15, -0.1) is 0 Å². The highest BCUT2D eigenvalue weighted by Gasteiger charge is 2.59. The summed E-state index contributed by atoms with van der Waals surface area (Å²) in [5.74, 6) is 0.235. The van der Waals surface area contributed by atoms with E-state index in [9.17, 15) is 32.1 Å². The van der Waals surface area contributed by atoms with Gasteiger partial charge < -0.3 is 24.7 Å². The lowest BCUT2D eigenvalue weighted by atomic mass is 9.58. The summed E-state index contributed by atoms with van der Waals surface area (Å²) in [6, 6.07) is 12.2. The van der Waals surface area contributed by atoms with Crippen molar-refractivity contribution >= 4 is 44.0 Å². The zero-order valence-electron chi connectivity index (χ0n) is 35.8. The molecule has 2 unspecified atom stereocenters. The Hall–Kier alpha value is -5.13. The topological polar surface area (TPSA) is 172 Å². The number of ether oxygens (including phenoxy) is 2. The largest absolute Gasteiger partial charge is 0.455 e. The minimum absolute atomic E-state index is 0.0516. The molecular weight excluding hydrogens is 845 g/mol. The Balaban J connectivity index is 0.856. The van der Waals surface area contributed by atoms with Crippen molar-refractivity contribution < 1.29 is 36.4 Å². The molecule has 5 fully saturated rings. The summed E-state index contributed by atoms with van der Waals surface area (Å²) in [7, 11) is -4.57. The number of nitro benzene ring substituents is 1. The van der Waals surface area contributed by atoms with Gasteiger partial charge in [0.25, 0.3) is 21.6 Å². The summed E-state index contributed by atoms with van der Waals surface area (Å²) in [4.78, 5) is 37.1. The van der Waals surface area contributed by atoms with Crippen molar-refractivity contribution in [3.63, 3.8) is 0 Å². The van der Waals surface area contributed by atoms with E-state index in [1.165, 1.54) is 61.2 Å². The lowest BCUT2D eigenvalue weighted by Crippen LogP contribution is -2.47. The van der Waals surface area contributed by atoms with Crippen LogP contribution in [-0.2, 0) is 14.8 Å². The third-order valence-corrected chi connectivity index (χ3v) is 16.6. The maximum absolute atomic E-state index is 14.0. The van der Waals surface area contributed by atoms with E-state index in [0.29, 0.717) is 67.9 Å². The van der Waals surface area contributed by atoms with Gasteiger partial charge in [0, 0.05) is 87.8 Å². The lowest BCUT2D eigenvalue weighted by molar-refractivity contribution is -0.384. The summed E-state index contributed by atoms with van der Waals surface area (Å²) in [5, 5.41) is 16.0. The number of sulfonamides is 1. The molecule has 2 aliphatic heterocycles. The first-order valence-electron chi connectivity index (χ1n) is 22.8. The van der Waals surface area contributed by atoms with Gasteiger partial charge >= 0.3 is 0 Å². The van der Waals surface area contributed by atoms with Crippen LogP contribution < -0.4 is 19.7 Å². The number of benzene rings is 2. The van der Waals surface area contributed by atoms with Gasteiger partial charge in [0.15, 0.2) is 0 Å². The molecule has 2 aromatic heterocycles. The molecule has 2 saturated heterocycles. The fourth-order valence-corrected chi connectivity index (χ4v) is 12.3. The number of aromatic nitrogens is 2. The van der Waals surface area contributed by atoms with E-state index in [-0.39, 0.29) is 28.8 Å². The molecule has 4 heterocycles. The van der Waals surface area contributed by atoms with E-state index in [1.54, 1.807) is 24.4 Å². The first-order valence-corrected chi connectivity index (χ1v) is 24.3. The molecule has 6 aliphatic rings. The summed E-state index contributed by atoms with van der Waals surface area (Å²) in [5.41, 5.74) is 4.54. The highest BCUT2D eigenvalue weighted by molar-refractivity contribution is 7.90. The number of piperazine rings is 1. The predicted molar refractivity (Wildman–Crippen MR) is 237 cm³/mol. The summed E-state index contributed by atoms with van der Waals surface area (Å²) in [6.07, 6.45) is 11.4. The van der Waals surface area contributed by atoms with Crippen molar-refractivity contribution in [3.05, 3.63) is 87.7 Å². The molecule has 3 saturated carbocycles. The minimum atomic E-state index is -4.57. The zero-order chi connectivity index (χ0) is 44.2. The molecule has 4 atom stereocenters. The van der Waals surface area contributed by atoms with Gasteiger partial charge in [-0.2, -0.15) is 0 Å². The van der Waals surface area contributed by atoms with Crippen LogP contribution in [0.3, 0.4) is 0 Å². The van der Waals surface area contributed by atoms with Crippen LogP contribution in [0.5, 0.6) is 11.5 Å². The molecule has 0 radical (unpaired) electrons. The lowest BCUT2D eigenvalue weighted by Gasteiger charge is -2.48.